The Bertz CT molecular complexity index is 582. The van der Waals surface area contributed by atoms with Crippen LogP contribution in [-0.4, -0.2) is 17.4 Å². The Kier molecular flexibility index (Phi) is 4.55. The molecule has 2 aromatic rings. The molecule has 0 spiro atoms. The Hall–Kier alpha value is -2.56. The first-order valence-corrected chi connectivity index (χ1v) is 6.34. The SMILES string of the molecule is CCOc1ccc(OCc2ccnc(C(=N)N)c2)cc1. The second kappa shape index (κ2) is 6.56. The molecule has 0 aliphatic heterocycles. The van der Waals surface area contributed by atoms with Crippen molar-refractivity contribution in [3.8, 4) is 11.5 Å². The van der Waals surface area contributed by atoms with E-state index in [1.807, 2.05) is 37.3 Å². The molecule has 5 nitrogen and oxygen atoms in total. The van der Waals surface area contributed by atoms with Crippen LogP contribution in [0.2, 0.25) is 0 Å². The number of aromatic nitrogens is 1. The van der Waals surface area contributed by atoms with Crippen LogP contribution >= 0.6 is 0 Å². The number of nitrogen functional groups attached to an aromatic ring is 1. The van der Waals surface area contributed by atoms with Gasteiger partial charge in [0.15, 0.2) is 0 Å². The molecule has 1 aromatic carbocycles. The van der Waals surface area contributed by atoms with Crippen molar-refractivity contribution in [3.63, 3.8) is 0 Å². The second-order valence-electron chi connectivity index (χ2n) is 4.16. The van der Waals surface area contributed by atoms with Crippen molar-refractivity contribution in [2.24, 2.45) is 5.73 Å². The van der Waals surface area contributed by atoms with E-state index in [0.29, 0.717) is 18.9 Å². The average molecular weight is 271 g/mol. The number of hydrogen-bond donors (Lipinski definition) is 2. The van der Waals surface area contributed by atoms with Crippen molar-refractivity contribution >= 4 is 5.84 Å². The third-order valence-electron chi connectivity index (χ3n) is 2.64. The zero-order valence-electron chi connectivity index (χ0n) is 11.3. The lowest BCUT2D eigenvalue weighted by atomic mass is 10.2. The number of nitrogens with zero attached hydrogens (tertiary/aromatic N) is 1. The fraction of sp³-hybridized carbons (Fsp3) is 0.200. The molecule has 0 bridgehead atoms. The van der Waals surface area contributed by atoms with Crippen molar-refractivity contribution < 1.29 is 9.47 Å². The van der Waals surface area contributed by atoms with Gasteiger partial charge in [-0.25, -0.2) is 0 Å². The van der Waals surface area contributed by atoms with E-state index >= 15 is 0 Å². The van der Waals surface area contributed by atoms with E-state index in [0.717, 1.165) is 17.1 Å². The van der Waals surface area contributed by atoms with Crippen LogP contribution in [-0.2, 0) is 6.61 Å². The zero-order valence-corrected chi connectivity index (χ0v) is 11.3. The predicted molar refractivity (Wildman–Crippen MR) is 77.2 cm³/mol. The van der Waals surface area contributed by atoms with Gasteiger partial charge in [-0.1, -0.05) is 0 Å². The smallest absolute Gasteiger partial charge is 0.141 e. The van der Waals surface area contributed by atoms with Crippen LogP contribution < -0.4 is 15.2 Å². The number of rotatable bonds is 6. The fourth-order valence-corrected chi connectivity index (χ4v) is 1.68. The topological polar surface area (TPSA) is 81.2 Å². The molecule has 1 heterocycles. The standard InChI is InChI=1S/C15H17N3O2/c1-2-19-12-3-5-13(6-4-12)20-10-11-7-8-18-14(9-11)15(16)17/h3-9H,2,10H2,1H3,(H3,16,17). The van der Waals surface area contributed by atoms with Crippen molar-refractivity contribution in [3.05, 3.63) is 53.9 Å². The van der Waals surface area contributed by atoms with Gasteiger partial charge in [0.05, 0.1) is 6.61 Å². The van der Waals surface area contributed by atoms with Gasteiger partial charge in [-0.3, -0.25) is 10.4 Å². The normalized spacial score (nSPS) is 10.1. The van der Waals surface area contributed by atoms with Gasteiger partial charge >= 0.3 is 0 Å². The van der Waals surface area contributed by atoms with E-state index in [1.165, 1.54) is 0 Å². The second-order valence-corrected chi connectivity index (χ2v) is 4.16. The Morgan fingerprint density at radius 3 is 2.40 bits per heavy atom. The number of pyridine rings is 1. The first-order valence-electron chi connectivity index (χ1n) is 6.34. The summed E-state index contributed by atoms with van der Waals surface area (Å²) in [5.74, 6) is 1.53. The lowest BCUT2D eigenvalue weighted by Crippen LogP contribution is -2.13. The number of benzene rings is 1. The van der Waals surface area contributed by atoms with Crippen molar-refractivity contribution in [1.29, 1.82) is 5.41 Å². The third kappa shape index (κ3) is 3.71. The molecule has 0 radical (unpaired) electrons. The highest BCUT2D eigenvalue weighted by atomic mass is 16.5. The van der Waals surface area contributed by atoms with E-state index < -0.39 is 0 Å². The summed E-state index contributed by atoms with van der Waals surface area (Å²) in [7, 11) is 0. The van der Waals surface area contributed by atoms with Crippen molar-refractivity contribution in [2.75, 3.05) is 6.61 Å². The Morgan fingerprint density at radius 1 is 1.15 bits per heavy atom. The predicted octanol–water partition coefficient (Wildman–Crippen LogP) is 2.34. The van der Waals surface area contributed by atoms with E-state index in [-0.39, 0.29) is 5.84 Å². The number of nitrogens with one attached hydrogen (secondary N) is 1. The highest BCUT2D eigenvalue weighted by Gasteiger charge is 2.01. The van der Waals surface area contributed by atoms with Crippen LogP contribution in [0.25, 0.3) is 0 Å². The molecular weight excluding hydrogens is 254 g/mol. The van der Waals surface area contributed by atoms with Gasteiger partial charge in [0.2, 0.25) is 0 Å². The molecule has 5 heteroatoms. The monoisotopic (exact) mass is 271 g/mol. The minimum atomic E-state index is -0.0482. The lowest BCUT2D eigenvalue weighted by molar-refractivity contribution is 0.304. The van der Waals surface area contributed by atoms with Gasteiger partial charge in [-0.15, -0.1) is 0 Å². The molecule has 2 rings (SSSR count). The van der Waals surface area contributed by atoms with Crippen LogP contribution in [0.5, 0.6) is 11.5 Å². The summed E-state index contributed by atoms with van der Waals surface area (Å²) in [5, 5.41) is 7.35. The third-order valence-corrected chi connectivity index (χ3v) is 2.64. The number of amidine groups is 1. The summed E-state index contributed by atoms with van der Waals surface area (Å²) in [6, 6.07) is 11.0. The number of hydrogen-bond acceptors (Lipinski definition) is 4. The summed E-state index contributed by atoms with van der Waals surface area (Å²) in [6.07, 6.45) is 1.62. The Labute approximate surface area is 117 Å². The molecule has 0 saturated heterocycles. The molecule has 0 fully saturated rings. The molecule has 1 aromatic heterocycles. The van der Waals surface area contributed by atoms with Gasteiger partial charge in [-0.05, 0) is 48.9 Å². The minimum Gasteiger partial charge on any atom is -0.494 e. The highest BCUT2D eigenvalue weighted by Crippen LogP contribution is 2.18. The molecule has 0 aliphatic rings. The first-order chi connectivity index (χ1) is 9.69. The molecule has 0 saturated carbocycles. The van der Waals surface area contributed by atoms with Crippen LogP contribution in [0.4, 0.5) is 0 Å². The van der Waals surface area contributed by atoms with Gasteiger partial charge in [0.1, 0.15) is 29.6 Å². The summed E-state index contributed by atoms with van der Waals surface area (Å²) >= 11 is 0. The molecule has 0 unspecified atom stereocenters. The molecule has 0 atom stereocenters. The lowest BCUT2D eigenvalue weighted by Gasteiger charge is -2.08. The van der Waals surface area contributed by atoms with Crippen molar-refractivity contribution in [1.82, 2.24) is 4.98 Å². The van der Waals surface area contributed by atoms with E-state index in [9.17, 15) is 0 Å². The van der Waals surface area contributed by atoms with Gasteiger partial charge < -0.3 is 15.2 Å². The van der Waals surface area contributed by atoms with E-state index in [2.05, 4.69) is 4.98 Å². The van der Waals surface area contributed by atoms with E-state index in [1.54, 1.807) is 12.3 Å². The van der Waals surface area contributed by atoms with Crippen LogP contribution in [0.3, 0.4) is 0 Å². The summed E-state index contributed by atoms with van der Waals surface area (Å²) < 4.78 is 11.0. The van der Waals surface area contributed by atoms with E-state index in [4.69, 9.17) is 20.6 Å². The zero-order chi connectivity index (χ0) is 14.4. The van der Waals surface area contributed by atoms with Crippen LogP contribution in [0.15, 0.2) is 42.6 Å². The summed E-state index contributed by atoms with van der Waals surface area (Å²) in [5.41, 5.74) is 6.77. The maximum absolute atomic E-state index is 7.35. The maximum Gasteiger partial charge on any atom is 0.141 e. The van der Waals surface area contributed by atoms with Crippen molar-refractivity contribution in [2.45, 2.75) is 13.5 Å². The molecule has 3 N–H and O–H groups in total. The Balaban J connectivity index is 1.97. The molecule has 0 amide bonds. The maximum atomic E-state index is 7.35. The summed E-state index contributed by atoms with van der Waals surface area (Å²) in [4.78, 5) is 4.00. The summed E-state index contributed by atoms with van der Waals surface area (Å²) in [6.45, 7) is 2.99. The Morgan fingerprint density at radius 2 is 1.80 bits per heavy atom. The number of ether oxygens (including phenoxy) is 2. The number of nitrogens with two attached hydrogens (primary N) is 1. The van der Waals surface area contributed by atoms with Gasteiger partial charge in [-0.2, -0.15) is 0 Å². The van der Waals surface area contributed by atoms with Crippen LogP contribution in [0, 0.1) is 5.41 Å². The van der Waals surface area contributed by atoms with Crippen LogP contribution in [0.1, 0.15) is 18.2 Å². The molecule has 20 heavy (non-hydrogen) atoms. The quantitative estimate of drug-likeness (QED) is 0.624. The minimum absolute atomic E-state index is 0.0482. The van der Waals surface area contributed by atoms with Gasteiger partial charge in [0, 0.05) is 6.20 Å². The highest BCUT2D eigenvalue weighted by molar-refractivity contribution is 5.93. The molecular formula is C15H17N3O2. The average Bonchev–Trinajstić information content (AvgIpc) is 2.47. The van der Waals surface area contributed by atoms with Gasteiger partial charge in [0.25, 0.3) is 0 Å². The molecule has 0 aliphatic carbocycles. The molecule has 104 valence electrons. The first kappa shape index (κ1) is 13.9. The fourth-order valence-electron chi connectivity index (χ4n) is 1.68. The largest absolute Gasteiger partial charge is 0.494 e.